The van der Waals surface area contributed by atoms with Crippen LogP contribution in [0.2, 0.25) is 5.02 Å². The molecule has 1 aromatic rings. The zero-order valence-corrected chi connectivity index (χ0v) is 13.1. The molecule has 5 nitrogen and oxygen atoms in total. The number of carbonyl (C=O) groups is 1. The maximum Gasteiger partial charge on any atom is 0.321 e. The number of nitrogens with zero attached hydrogens (tertiary/aromatic N) is 1. The number of benzene rings is 1. The summed E-state index contributed by atoms with van der Waals surface area (Å²) >= 11 is 6.12. The Kier molecular flexibility index (Phi) is 5.31. The Hall–Kier alpha value is -1.46. The second kappa shape index (κ2) is 7.00. The summed E-state index contributed by atoms with van der Waals surface area (Å²) in [6.07, 6.45) is 1.45. The van der Waals surface area contributed by atoms with E-state index in [-0.39, 0.29) is 11.9 Å². The average molecular weight is 313 g/mol. The molecule has 1 fully saturated rings. The third-order valence-electron chi connectivity index (χ3n) is 3.85. The standard InChI is InChI=1S/C15H21ClN2O3/c1-10(19)11-4-3-7-18(9-11)15(20)17-14-6-5-12(21-2)8-13(14)16/h5-6,8,10-11,19H,3-4,7,9H2,1-2H3,(H,17,20). The van der Waals surface area contributed by atoms with Crippen LogP contribution in [-0.4, -0.2) is 42.3 Å². The number of halogens is 1. The molecule has 0 aliphatic carbocycles. The second-order valence-electron chi connectivity index (χ2n) is 5.36. The fourth-order valence-corrected chi connectivity index (χ4v) is 2.72. The van der Waals surface area contributed by atoms with E-state index in [2.05, 4.69) is 5.32 Å². The largest absolute Gasteiger partial charge is 0.497 e. The summed E-state index contributed by atoms with van der Waals surface area (Å²) in [5, 5.41) is 12.9. The minimum absolute atomic E-state index is 0.135. The van der Waals surface area contributed by atoms with Gasteiger partial charge in [0.05, 0.1) is 23.9 Å². The van der Waals surface area contributed by atoms with E-state index in [0.717, 1.165) is 12.8 Å². The van der Waals surface area contributed by atoms with Gasteiger partial charge in [-0.15, -0.1) is 0 Å². The number of carbonyl (C=O) groups excluding carboxylic acids is 1. The predicted molar refractivity (Wildman–Crippen MR) is 83.0 cm³/mol. The zero-order chi connectivity index (χ0) is 15.4. The quantitative estimate of drug-likeness (QED) is 0.902. The SMILES string of the molecule is COc1ccc(NC(=O)N2CCCC(C(C)O)C2)c(Cl)c1. The highest BCUT2D eigenvalue weighted by Crippen LogP contribution is 2.27. The topological polar surface area (TPSA) is 61.8 Å². The lowest BCUT2D eigenvalue weighted by Gasteiger charge is -2.34. The number of aliphatic hydroxyl groups is 1. The number of rotatable bonds is 3. The number of nitrogens with one attached hydrogen (secondary N) is 1. The molecule has 1 saturated heterocycles. The van der Waals surface area contributed by atoms with E-state index in [1.165, 1.54) is 0 Å². The zero-order valence-electron chi connectivity index (χ0n) is 12.3. The number of ether oxygens (including phenoxy) is 1. The number of anilines is 1. The van der Waals surface area contributed by atoms with Crippen molar-refractivity contribution in [3.8, 4) is 5.75 Å². The molecule has 6 heteroatoms. The van der Waals surface area contributed by atoms with Gasteiger partial charge in [0.25, 0.3) is 0 Å². The van der Waals surface area contributed by atoms with Crippen molar-refractivity contribution in [1.82, 2.24) is 4.90 Å². The average Bonchev–Trinajstić information content (AvgIpc) is 2.49. The Morgan fingerprint density at radius 2 is 2.33 bits per heavy atom. The van der Waals surface area contributed by atoms with Gasteiger partial charge in [0, 0.05) is 25.1 Å². The van der Waals surface area contributed by atoms with E-state index in [0.29, 0.717) is 29.5 Å². The normalized spacial score (nSPS) is 20.0. The molecular formula is C15H21ClN2O3. The number of aliphatic hydroxyl groups excluding tert-OH is 1. The van der Waals surface area contributed by atoms with Crippen LogP contribution in [0.25, 0.3) is 0 Å². The molecule has 2 unspecified atom stereocenters. The van der Waals surface area contributed by atoms with E-state index in [9.17, 15) is 9.90 Å². The predicted octanol–water partition coefficient (Wildman–Crippen LogP) is 2.97. The molecular weight excluding hydrogens is 292 g/mol. The Bertz CT molecular complexity index is 508. The van der Waals surface area contributed by atoms with Gasteiger partial charge in [0.2, 0.25) is 0 Å². The Morgan fingerprint density at radius 3 is 2.95 bits per heavy atom. The molecule has 1 aromatic carbocycles. The number of amides is 2. The van der Waals surface area contributed by atoms with Crippen molar-refractivity contribution in [3.05, 3.63) is 23.2 Å². The van der Waals surface area contributed by atoms with E-state index >= 15 is 0 Å². The minimum atomic E-state index is -0.398. The first kappa shape index (κ1) is 15.9. The van der Waals surface area contributed by atoms with Crippen LogP contribution in [0, 0.1) is 5.92 Å². The van der Waals surface area contributed by atoms with Crippen molar-refractivity contribution in [2.45, 2.75) is 25.9 Å². The lowest BCUT2D eigenvalue weighted by molar-refractivity contribution is 0.0766. The molecule has 0 aromatic heterocycles. The van der Waals surface area contributed by atoms with Crippen molar-refractivity contribution in [2.75, 3.05) is 25.5 Å². The lowest BCUT2D eigenvalue weighted by Crippen LogP contribution is -2.44. The number of hydrogen-bond donors (Lipinski definition) is 2. The van der Waals surface area contributed by atoms with Crippen molar-refractivity contribution >= 4 is 23.3 Å². The maximum absolute atomic E-state index is 12.3. The number of hydrogen-bond acceptors (Lipinski definition) is 3. The van der Waals surface area contributed by atoms with Crippen LogP contribution >= 0.6 is 11.6 Å². The van der Waals surface area contributed by atoms with E-state index in [4.69, 9.17) is 16.3 Å². The van der Waals surface area contributed by atoms with Gasteiger partial charge in [-0.05, 0) is 31.9 Å². The lowest BCUT2D eigenvalue weighted by atomic mass is 9.94. The summed E-state index contributed by atoms with van der Waals surface area (Å²) in [4.78, 5) is 14.0. The van der Waals surface area contributed by atoms with Gasteiger partial charge < -0.3 is 20.1 Å². The van der Waals surface area contributed by atoms with Crippen LogP contribution in [0.15, 0.2) is 18.2 Å². The van der Waals surface area contributed by atoms with Crippen LogP contribution in [0.5, 0.6) is 5.75 Å². The third kappa shape index (κ3) is 4.02. The molecule has 1 aliphatic heterocycles. The third-order valence-corrected chi connectivity index (χ3v) is 4.16. The van der Waals surface area contributed by atoms with Gasteiger partial charge in [-0.2, -0.15) is 0 Å². The smallest absolute Gasteiger partial charge is 0.321 e. The summed E-state index contributed by atoms with van der Waals surface area (Å²) in [5.41, 5.74) is 0.557. The highest BCUT2D eigenvalue weighted by molar-refractivity contribution is 6.33. The van der Waals surface area contributed by atoms with Crippen LogP contribution in [0.4, 0.5) is 10.5 Å². The van der Waals surface area contributed by atoms with Crippen LogP contribution in [0.3, 0.4) is 0 Å². The molecule has 2 atom stereocenters. The molecule has 0 radical (unpaired) electrons. The summed E-state index contributed by atoms with van der Waals surface area (Å²) in [7, 11) is 1.56. The maximum atomic E-state index is 12.3. The van der Waals surface area contributed by atoms with E-state index in [1.54, 1.807) is 37.1 Å². The molecule has 2 N–H and O–H groups in total. The second-order valence-corrected chi connectivity index (χ2v) is 5.77. The summed E-state index contributed by atoms with van der Waals surface area (Å²) in [6, 6.07) is 4.93. The molecule has 1 aliphatic rings. The minimum Gasteiger partial charge on any atom is -0.497 e. The van der Waals surface area contributed by atoms with Gasteiger partial charge in [-0.25, -0.2) is 4.79 Å². The van der Waals surface area contributed by atoms with Crippen LogP contribution in [-0.2, 0) is 0 Å². The summed E-state index contributed by atoms with van der Waals surface area (Å²) in [6.45, 7) is 3.03. The van der Waals surface area contributed by atoms with E-state index in [1.807, 2.05) is 0 Å². The number of methoxy groups -OCH3 is 1. The molecule has 1 heterocycles. The summed E-state index contributed by atoms with van der Waals surface area (Å²) in [5.74, 6) is 0.779. The molecule has 0 spiro atoms. The van der Waals surface area contributed by atoms with E-state index < -0.39 is 6.10 Å². The van der Waals surface area contributed by atoms with Gasteiger partial charge in [-0.3, -0.25) is 0 Å². The number of likely N-dealkylation sites (tertiary alicyclic amines) is 1. The fourth-order valence-electron chi connectivity index (χ4n) is 2.51. The number of piperidine rings is 1. The monoisotopic (exact) mass is 312 g/mol. The Morgan fingerprint density at radius 1 is 1.57 bits per heavy atom. The highest BCUT2D eigenvalue weighted by atomic mass is 35.5. The van der Waals surface area contributed by atoms with Crippen molar-refractivity contribution in [1.29, 1.82) is 0 Å². The Balaban J connectivity index is 2.01. The summed E-state index contributed by atoms with van der Waals surface area (Å²) < 4.78 is 5.08. The highest BCUT2D eigenvalue weighted by Gasteiger charge is 2.26. The molecule has 116 valence electrons. The molecule has 21 heavy (non-hydrogen) atoms. The van der Waals surface area contributed by atoms with Crippen LogP contribution < -0.4 is 10.1 Å². The molecule has 2 amide bonds. The van der Waals surface area contributed by atoms with Gasteiger partial charge in [0.15, 0.2) is 0 Å². The fraction of sp³-hybridized carbons (Fsp3) is 0.533. The van der Waals surface area contributed by atoms with Crippen LogP contribution in [0.1, 0.15) is 19.8 Å². The van der Waals surface area contributed by atoms with Crippen molar-refractivity contribution in [3.63, 3.8) is 0 Å². The first-order chi connectivity index (χ1) is 10.0. The van der Waals surface area contributed by atoms with Gasteiger partial charge >= 0.3 is 6.03 Å². The first-order valence-corrected chi connectivity index (χ1v) is 7.46. The Labute approximate surface area is 129 Å². The molecule has 2 rings (SSSR count). The molecule has 0 saturated carbocycles. The van der Waals surface area contributed by atoms with Crippen molar-refractivity contribution in [2.24, 2.45) is 5.92 Å². The molecule has 0 bridgehead atoms. The number of urea groups is 1. The van der Waals surface area contributed by atoms with Gasteiger partial charge in [-0.1, -0.05) is 11.6 Å². The van der Waals surface area contributed by atoms with Crippen molar-refractivity contribution < 1.29 is 14.6 Å². The first-order valence-electron chi connectivity index (χ1n) is 7.08. The van der Waals surface area contributed by atoms with Gasteiger partial charge in [0.1, 0.15) is 5.75 Å².